The number of carbonyl (C=O) groups excluding carboxylic acids is 1. The molecule has 2 rings (SSSR count). The molecule has 110 valence electrons. The first-order valence-corrected chi connectivity index (χ1v) is 7.54. The van der Waals surface area contributed by atoms with Gasteiger partial charge in [-0.25, -0.2) is 0 Å². The molecule has 1 aliphatic heterocycles. The van der Waals surface area contributed by atoms with E-state index in [-0.39, 0.29) is 11.4 Å². The lowest BCUT2D eigenvalue weighted by atomic mass is 9.94. The number of anilines is 1. The van der Waals surface area contributed by atoms with Crippen molar-refractivity contribution >= 4 is 11.6 Å². The second-order valence-corrected chi connectivity index (χ2v) is 6.61. The Kier molecular flexibility index (Phi) is 4.48. The monoisotopic (exact) mass is 274 g/mol. The van der Waals surface area contributed by atoms with Gasteiger partial charge in [0.1, 0.15) is 0 Å². The van der Waals surface area contributed by atoms with Crippen LogP contribution < -0.4 is 10.6 Å². The van der Waals surface area contributed by atoms with Crippen LogP contribution in [0.5, 0.6) is 0 Å². The normalized spacial score (nSPS) is 15.4. The topological polar surface area (TPSA) is 46.3 Å². The average molecular weight is 274 g/mol. The maximum Gasteiger partial charge on any atom is 0.227 e. The van der Waals surface area contributed by atoms with Gasteiger partial charge in [0, 0.05) is 24.7 Å². The molecule has 1 aromatic carbocycles. The van der Waals surface area contributed by atoms with Crippen molar-refractivity contribution in [1.82, 2.24) is 0 Å². The molecule has 0 aromatic heterocycles. The zero-order chi connectivity index (χ0) is 14.8. The third kappa shape index (κ3) is 3.83. The number of aryl methyl sites for hydroxylation is 2. The van der Waals surface area contributed by atoms with Crippen LogP contribution in [-0.2, 0) is 17.6 Å². The summed E-state index contributed by atoms with van der Waals surface area (Å²) in [6.07, 6.45) is 6.01. The molecule has 0 unspecified atom stereocenters. The van der Waals surface area contributed by atoms with Gasteiger partial charge in [-0.2, -0.15) is 0 Å². The fraction of sp³-hybridized carbons (Fsp3) is 0.588. The SMILES string of the molecule is CN1C(=O)CCc2cc(CCCCC(C)(C)N)ccc21. The summed E-state index contributed by atoms with van der Waals surface area (Å²) >= 11 is 0. The Morgan fingerprint density at radius 1 is 1.25 bits per heavy atom. The van der Waals surface area contributed by atoms with Crippen molar-refractivity contribution in [1.29, 1.82) is 0 Å². The highest BCUT2D eigenvalue weighted by Gasteiger charge is 2.20. The second kappa shape index (κ2) is 5.96. The number of hydrogen-bond acceptors (Lipinski definition) is 2. The van der Waals surface area contributed by atoms with Gasteiger partial charge in [0.05, 0.1) is 0 Å². The number of carbonyl (C=O) groups is 1. The van der Waals surface area contributed by atoms with Crippen molar-refractivity contribution in [3.05, 3.63) is 29.3 Å². The molecule has 0 radical (unpaired) electrons. The molecule has 20 heavy (non-hydrogen) atoms. The molecule has 1 heterocycles. The minimum Gasteiger partial charge on any atom is -0.326 e. The molecule has 1 amide bonds. The van der Waals surface area contributed by atoms with Gasteiger partial charge >= 0.3 is 0 Å². The molecule has 2 N–H and O–H groups in total. The van der Waals surface area contributed by atoms with Crippen LogP contribution in [0.1, 0.15) is 50.7 Å². The van der Waals surface area contributed by atoms with Crippen molar-refractivity contribution in [2.45, 2.75) is 57.9 Å². The van der Waals surface area contributed by atoms with Gasteiger partial charge in [-0.15, -0.1) is 0 Å². The molecular formula is C17H26N2O. The molecule has 0 aliphatic carbocycles. The number of fused-ring (bicyclic) bond motifs is 1. The zero-order valence-corrected chi connectivity index (χ0v) is 12.9. The minimum absolute atomic E-state index is 0.0566. The van der Waals surface area contributed by atoms with E-state index >= 15 is 0 Å². The number of benzene rings is 1. The summed E-state index contributed by atoms with van der Waals surface area (Å²) < 4.78 is 0. The molecule has 1 aromatic rings. The summed E-state index contributed by atoms with van der Waals surface area (Å²) in [6, 6.07) is 6.52. The van der Waals surface area contributed by atoms with Crippen LogP contribution >= 0.6 is 0 Å². The lowest BCUT2D eigenvalue weighted by Crippen LogP contribution is -2.31. The molecule has 1 aliphatic rings. The van der Waals surface area contributed by atoms with E-state index < -0.39 is 0 Å². The van der Waals surface area contributed by atoms with Crippen LogP contribution in [0.2, 0.25) is 0 Å². The summed E-state index contributed by atoms with van der Waals surface area (Å²) in [6.45, 7) is 4.16. The van der Waals surface area contributed by atoms with Crippen molar-refractivity contribution in [3.8, 4) is 0 Å². The minimum atomic E-state index is -0.0566. The highest BCUT2D eigenvalue weighted by Crippen LogP contribution is 2.28. The van der Waals surface area contributed by atoms with E-state index in [0.717, 1.165) is 24.9 Å². The lowest BCUT2D eigenvalue weighted by molar-refractivity contribution is -0.118. The molecule has 0 saturated heterocycles. The Labute approximate surface area is 122 Å². The number of rotatable bonds is 5. The van der Waals surface area contributed by atoms with E-state index in [4.69, 9.17) is 5.73 Å². The predicted molar refractivity (Wildman–Crippen MR) is 84.0 cm³/mol. The van der Waals surface area contributed by atoms with E-state index in [1.54, 1.807) is 4.90 Å². The lowest BCUT2D eigenvalue weighted by Gasteiger charge is -2.26. The molecule has 0 atom stereocenters. The molecule has 0 fully saturated rings. The number of nitrogens with two attached hydrogens (primary N) is 1. The highest BCUT2D eigenvalue weighted by atomic mass is 16.2. The molecule has 0 bridgehead atoms. The van der Waals surface area contributed by atoms with E-state index in [9.17, 15) is 4.79 Å². The van der Waals surface area contributed by atoms with Crippen LogP contribution in [-0.4, -0.2) is 18.5 Å². The number of hydrogen-bond donors (Lipinski definition) is 1. The van der Waals surface area contributed by atoms with E-state index in [2.05, 4.69) is 32.0 Å². The van der Waals surface area contributed by atoms with E-state index in [1.165, 1.54) is 24.0 Å². The first kappa shape index (κ1) is 15.0. The summed E-state index contributed by atoms with van der Waals surface area (Å²) in [5, 5.41) is 0. The summed E-state index contributed by atoms with van der Waals surface area (Å²) in [4.78, 5) is 13.4. The smallest absolute Gasteiger partial charge is 0.227 e. The maximum absolute atomic E-state index is 11.7. The van der Waals surface area contributed by atoms with Gasteiger partial charge in [-0.1, -0.05) is 18.6 Å². The van der Waals surface area contributed by atoms with Crippen molar-refractivity contribution in [2.24, 2.45) is 5.73 Å². The van der Waals surface area contributed by atoms with Gasteiger partial charge in [-0.05, 0) is 56.7 Å². The summed E-state index contributed by atoms with van der Waals surface area (Å²) in [5.41, 5.74) is 9.70. The first-order valence-electron chi connectivity index (χ1n) is 7.54. The first-order chi connectivity index (χ1) is 9.37. The molecule has 3 nitrogen and oxygen atoms in total. The second-order valence-electron chi connectivity index (χ2n) is 6.61. The summed E-state index contributed by atoms with van der Waals surface area (Å²) in [5.74, 6) is 0.218. The zero-order valence-electron chi connectivity index (χ0n) is 12.9. The molecule has 0 spiro atoms. The van der Waals surface area contributed by atoms with Crippen molar-refractivity contribution in [3.63, 3.8) is 0 Å². The number of amides is 1. The van der Waals surface area contributed by atoms with E-state index in [0.29, 0.717) is 6.42 Å². The van der Waals surface area contributed by atoms with Gasteiger partial charge in [-0.3, -0.25) is 4.79 Å². The standard InChI is InChI=1S/C17H26N2O/c1-17(2,18)11-5-4-6-13-7-9-15-14(12-13)8-10-16(20)19(15)3/h7,9,12H,4-6,8,10-11,18H2,1-3H3. The Morgan fingerprint density at radius 2 is 2.00 bits per heavy atom. The predicted octanol–water partition coefficient (Wildman–Crippen LogP) is 3.05. The maximum atomic E-state index is 11.7. The number of nitrogens with zero attached hydrogens (tertiary/aromatic N) is 1. The van der Waals surface area contributed by atoms with Gasteiger partial charge in [0.25, 0.3) is 0 Å². The van der Waals surface area contributed by atoms with Crippen LogP contribution in [0.3, 0.4) is 0 Å². The van der Waals surface area contributed by atoms with Crippen molar-refractivity contribution in [2.75, 3.05) is 11.9 Å². The highest BCUT2D eigenvalue weighted by molar-refractivity contribution is 5.95. The van der Waals surface area contributed by atoms with Crippen LogP contribution in [0.15, 0.2) is 18.2 Å². The third-order valence-corrected chi connectivity index (χ3v) is 4.02. The largest absolute Gasteiger partial charge is 0.326 e. The van der Waals surface area contributed by atoms with Gasteiger partial charge < -0.3 is 10.6 Å². The fourth-order valence-corrected chi connectivity index (χ4v) is 2.78. The molecular weight excluding hydrogens is 248 g/mol. The van der Waals surface area contributed by atoms with Crippen LogP contribution in [0.4, 0.5) is 5.69 Å². The van der Waals surface area contributed by atoms with Gasteiger partial charge in [0.2, 0.25) is 5.91 Å². The molecule has 3 heteroatoms. The fourth-order valence-electron chi connectivity index (χ4n) is 2.78. The third-order valence-electron chi connectivity index (χ3n) is 4.02. The van der Waals surface area contributed by atoms with Crippen molar-refractivity contribution < 1.29 is 4.79 Å². The Morgan fingerprint density at radius 3 is 2.70 bits per heavy atom. The molecule has 0 saturated carbocycles. The Bertz CT molecular complexity index is 488. The summed E-state index contributed by atoms with van der Waals surface area (Å²) in [7, 11) is 1.86. The quantitative estimate of drug-likeness (QED) is 0.839. The Hall–Kier alpha value is -1.35. The van der Waals surface area contributed by atoms with Gasteiger partial charge in [0.15, 0.2) is 0 Å². The van der Waals surface area contributed by atoms with Crippen LogP contribution in [0.25, 0.3) is 0 Å². The number of unbranched alkanes of at least 4 members (excludes halogenated alkanes) is 1. The average Bonchev–Trinajstić information content (AvgIpc) is 2.38. The van der Waals surface area contributed by atoms with E-state index in [1.807, 2.05) is 7.05 Å². The Balaban J connectivity index is 1.93. The van der Waals surface area contributed by atoms with Crippen LogP contribution in [0, 0.1) is 0 Å².